The van der Waals surface area contributed by atoms with E-state index in [4.69, 9.17) is 14.0 Å². The smallest absolute Gasteiger partial charge is 0.162 e. The minimum atomic E-state index is 0.507. The van der Waals surface area contributed by atoms with Crippen LogP contribution in [0.15, 0.2) is 10.6 Å². The molecule has 1 N–H and O–H groups in total. The molecule has 2 fully saturated rings. The van der Waals surface area contributed by atoms with Crippen molar-refractivity contribution in [2.24, 2.45) is 5.92 Å². The van der Waals surface area contributed by atoms with Crippen LogP contribution in [-0.4, -0.2) is 31.0 Å². The second-order valence-corrected chi connectivity index (χ2v) is 5.18. The summed E-state index contributed by atoms with van der Waals surface area (Å²) in [5.41, 5.74) is 0.963. The molecule has 0 amide bonds. The summed E-state index contributed by atoms with van der Waals surface area (Å²) < 4.78 is 16.2. The van der Waals surface area contributed by atoms with Crippen LogP contribution >= 0.6 is 0 Å². The zero-order valence-electron chi connectivity index (χ0n) is 10.6. The Morgan fingerprint density at radius 1 is 1.39 bits per heavy atom. The van der Waals surface area contributed by atoms with Crippen molar-refractivity contribution in [2.75, 3.05) is 19.8 Å². The maximum Gasteiger partial charge on any atom is 0.162 e. The lowest BCUT2D eigenvalue weighted by atomic mass is 10.1. The normalized spacial score (nSPS) is 23.7. The van der Waals surface area contributed by atoms with E-state index in [2.05, 4.69) is 10.5 Å². The van der Waals surface area contributed by atoms with Crippen LogP contribution in [0.4, 0.5) is 0 Å². The maximum atomic E-state index is 5.62. The van der Waals surface area contributed by atoms with Crippen LogP contribution in [0.1, 0.15) is 30.7 Å². The molecule has 2 heterocycles. The third-order valence-electron chi connectivity index (χ3n) is 3.38. The summed E-state index contributed by atoms with van der Waals surface area (Å²) in [7, 11) is 0. The van der Waals surface area contributed by atoms with Crippen molar-refractivity contribution in [1.29, 1.82) is 0 Å². The molecule has 18 heavy (non-hydrogen) atoms. The van der Waals surface area contributed by atoms with Gasteiger partial charge in [0, 0.05) is 31.2 Å². The van der Waals surface area contributed by atoms with Gasteiger partial charge in [-0.25, -0.2) is 0 Å². The molecule has 100 valence electrons. The third-order valence-corrected chi connectivity index (χ3v) is 3.38. The maximum absolute atomic E-state index is 5.62. The Hall–Kier alpha value is -0.910. The minimum Gasteiger partial charge on any atom is -0.381 e. The standard InChI is InChI=1S/C13H20N2O3/c1-2-11(1)14-6-12-5-13(18-15-12)9-17-8-10-3-4-16-7-10/h5,10-11,14H,1-4,6-9H2. The molecule has 0 radical (unpaired) electrons. The average molecular weight is 252 g/mol. The molecule has 1 aliphatic carbocycles. The van der Waals surface area contributed by atoms with Crippen LogP contribution in [-0.2, 0) is 22.6 Å². The van der Waals surface area contributed by atoms with Crippen LogP contribution in [0.5, 0.6) is 0 Å². The third kappa shape index (κ3) is 3.54. The van der Waals surface area contributed by atoms with E-state index in [1.165, 1.54) is 12.8 Å². The molecule has 0 spiro atoms. The lowest BCUT2D eigenvalue weighted by Gasteiger charge is -2.06. The van der Waals surface area contributed by atoms with E-state index in [0.717, 1.165) is 44.2 Å². The lowest BCUT2D eigenvalue weighted by Crippen LogP contribution is -2.15. The first kappa shape index (κ1) is 12.1. The fourth-order valence-corrected chi connectivity index (χ4v) is 2.08. The largest absolute Gasteiger partial charge is 0.381 e. The number of aromatic nitrogens is 1. The summed E-state index contributed by atoms with van der Waals surface area (Å²) in [6.07, 6.45) is 3.68. The molecule has 1 aromatic heterocycles. The summed E-state index contributed by atoms with van der Waals surface area (Å²) in [6.45, 7) is 3.74. The molecule has 1 saturated carbocycles. The Morgan fingerprint density at radius 2 is 2.33 bits per heavy atom. The molecule has 0 aromatic carbocycles. The van der Waals surface area contributed by atoms with E-state index in [1.807, 2.05) is 6.07 Å². The van der Waals surface area contributed by atoms with E-state index in [1.54, 1.807) is 0 Å². The Labute approximate surface area is 107 Å². The Kier molecular flexibility index (Phi) is 3.93. The van der Waals surface area contributed by atoms with Gasteiger partial charge in [-0.05, 0) is 19.3 Å². The van der Waals surface area contributed by atoms with Gasteiger partial charge in [0.15, 0.2) is 5.76 Å². The van der Waals surface area contributed by atoms with Gasteiger partial charge in [-0.3, -0.25) is 0 Å². The first-order valence-corrected chi connectivity index (χ1v) is 6.73. The molecule has 1 saturated heterocycles. The first-order valence-electron chi connectivity index (χ1n) is 6.73. The molecular weight excluding hydrogens is 232 g/mol. The lowest BCUT2D eigenvalue weighted by molar-refractivity contribution is 0.0659. The average Bonchev–Trinajstić information content (AvgIpc) is 2.89. The molecule has 1 unspecified atom stereocenters. The molecule has 0 bridgehead atoms. The zero-order chi connectivity index (χ0) is 12.2. The van der Waals surface area contributed by atoms with Crippen LogP contribution in [0, 0.1) is 5.92 Å². The fourth-order valence-electron chi connectivity index (χ4n) is 2.08. The predicted octanol–water partition coefficient (Wildman–Crippen LogP) is 1.48. The molecule has 3 rings (SSSR count). The van der Waals surface area contributed by atoms with Gasteiger partial charge in [0.1, 0.15) is 6.61 Å². The highest BCUT2D eigenvalue weighted by molar-refractivity contribution is 5.04. The van der Waals surface area contributed by atoms with Gasteiger partial charge in [0.25, 0.3) is 0 Å². The topological polar surface area (TPSA) is 56.5 Å². The van der Waals surface area contributed by atoms with E-state index < -0.39 is 0 Å². The molecule has 5 heteroatoms. The van der Waals surface area contributed by atoms with Gasteiger partial charge in [-0.15, -0.1) is 0 Å². The molecule has 2 aliphatic rings. The van der Waals surface area contributed by atoms with Crippen molar-refractivity contribution in [3.63, 3.8) is 0 Å². The molecular formula is C13H20N2O3. The Bertz CT molecular complexity index is 370. The Morgan fingerprint density at radius 3 is 3.11 bits per heavy atom. The summed E-state index contributed by atoms with van der Waals surface area (Å²) in [5, 5.41) is 7.43. The second-order valence-electron chi connectivity index (χ2n) is 5.18. The van der Waals surface area contributed by atoms with Crippen molar-refractivity contribution in [3.05, 3.63) is 17.5 Å². The first-order chi connectivity index (χ1) is 8.90. The number of hydrogen-bond acceptors (Lipinski definition) is 5. The van der Waals surface area contributed by atoms with Crippen LogP contribution in [0.25, 0.3) is 0 Å². The number of nitrogens with zero attached hydrogens (tertiary/aromatic N) is 1. The quantitative estimate of drug-likeness (QED) is 0.796. The van der Waals surface area contributed by atoms with Gasteiger partial charge in [0.05, 0.1) is 18.9 Å². The van der Waals surface area contributed by atoms with Crippen molar-refractivity contribution >= 4 is 0 Å². The molecule has 1 aliphatic heterocycles. The SMILES string of the molecule is c1c(CNC2CC2)noc1COCC1CCOC1. The molecule has 1 atom stereocenters. The monoisotopic (exact) mass is 252 g/mol. The summed E-state index contributed by atoms with van der Waals surface area (Å²) in [6, 6.07) is 2.67. The number of hydrogen-bond donors (Lipinski definition) is 1. The van der Waals surface area contributed by atoms with Crippen molar-refractivity contribution in [2.45, 2.75) is 38.5 Å². The second kappa shape index (κ2) is 5.82. The number of nitrogens with one attached hydrogen (secondary N) is 1. The summed E-state index contributed by atoms with van der Waals surface area (Å²) in [5.74, 6) is 1.35. The Balaban J connectivity index is 1.36. The van der Waals surface area contributed by atoms with E-state index >= 15 is 0 Å². The van der Waals surface area contributed by atoms with Gasteiger partial charge in [0.2, 0.25) is 0 Å². The highest BCUT2D eigenvalue weighted by Gasteiger charge is 2.20. The van der Waals surface area contributed by atoms with Gasteiger partial charge in [-0.1, -0.05) is 5.16 Å². The van der Waals surface area contributed by atoms with E-state index in [0.29, 0.717) is 18.6 Å². The van der Waals surface area contributed by atoms with Crippen molar-refractivity contribution in [1.82, 2.24) is 10.5 Å². The molecule has 5 nitrogen and oxygen atoms in total. The minimum absolute atomic E-state index is 0.507. The van der Waals surface area contributed by atoms with Crippen LogP contribution < -0.4 is 5.32 Å². The van der Waals surface area contributed by atoms with E-state index in [9.17, 15) is 0 Å². The van der Waals surface area contributed by atoms with Gasteiger partial charge in [-0.2, -0.15) is 0 Å². The van der Waals surface area contributed by atoms with Crippen LogP contribution in [0.3, 0.4) is 0 Å². The number of rotatable bonds is 7. The number of ether oxygens (including phenoxy) is 2. The zero-order valence-corrected chi connectivity index (χ0v) is 10.6. The van der Waals surface area contributed by atoms with E-state index in [-0.39, 0.29) is 0 Å². The molecule has 1 aromatic rings. The fraction of sp³-hybridized carbons (Fsp3) is 0.769. The summed E-state index contributed by atoms with van der Waals surface area (Å²) >= 11 is 0. The van der Waals surface area contributed by atoms with Crippen LogP contribution in [0.2, 0.25) is 0 Å². The van der Waals surface area contributed by atoms with Crippen molar-refractivity contribution in [3.8, 4) is 0 Å². The highest BCUT2D eigenvalue weighted by atomic mass is 16.5. The highest BCUT2D eigenvalue weighted by Crippen LogP contribution is 2.19. The van der Waals surface area contributed by atoms with Crippen molar-refractivity contribution < 1.29 is 14.0 Å². The van der Waals surface area contributed by atoms with Gasteiger partial charge < -0.3 is 19.3 Å². The van der Waals surface area contributed by atoms with Gasteiger partial charge >= 0.3 is 0 Å². The summed E-state index contributed by atoms with van der Waals surface area (Å²) in [4.78, 5) is 0. The predicted molar refractivity (Wildman–Crippen MR) is 64.9 cm³/mol.